The van der Waals surface area contributed by atoms with Crippen molar-refractivity contribution in [2.75, 3.05) is 13.1 Å². The Morgan fingerprint density at radius 2 is 1.96 bits per heavy atom. The van der Waals surface area contributed by atoms with Gasteiger partial charge in [-0.15, -0.1) is 0 Å². The molecule has 5 nitrogen and oxygen atoms in total. The van der Waals surface area contributed by atoms with Crippen LogP contribution in [0.3, 0.4) is 0 Å². The van der Waals surface area contributed by atoms with Crippen LogP contribution >= 0.6 is 22.7 Å². The third-order valence-corrected chi connectivity index (χ3v) is 6.79. The summed E-state index contributed by atoms with van der Waals surface area (Å²) in [5, 5.41) is 11.3. The Morgan fingerprint density at radius 1 is 1.12 bits per heavy atom. The summed E-state index contributed by atoms with van der Waals surface area (Å²) in [6, 6.07) is 6.33. The maximum absolute atomic E-state index is 4.88. The Morgan fingerprint density at radius 3 is 2.79 bits per heavy atom. The van der Waals surface area contributed by atoms with Crippen LogP contribution in [0, 0.1) is 0 Å². The molecule has 24 heavy (non-hydrogen) atoms. The SMILES string of the molecule is Cn1cc2cc(-c3nc4sc(C5CCNCC5)nc4s3)ccc2n1. The van der Waals surface area contributed by atoms with Crippen LogP contribution in [0.15, 0.2) is 24.4 Å². The molecule has 0 unspecified atom stereocenters. The lowest BCUT2D eigenvalue weighted by atomic mass is 9.99. The molecule has 3 aromatic heterocycles. The minimum absolute atomic E-state index is 0.604. The average Bonchev–Trinajstić information content (AvgIpc) is 3.26. The van der Waals surface area contributed by atoms with Gasteiger partial charge in [-0.1, -0.05) is 22.7 Å². The first kappa shape index (κ1) is 14.5. The molecule has 5 rings (SSSR count). The number of benzene rings is 1. The van der Waals surface area contributed by atoms with E-state index in [1.807, 2.05) is 17.9 Å². The number of hydrogen-bond acceptors (Lipinski definition) is 6. The smallest absolute Gasteiger partial charge is 0.155 e. The Labute approximate surface area is 147 Å². The number of piperidine rings is 1. The van der Waals surface area contributed by atoms with Crippen LogP contribution in [0.4, 0.5) is 0 Å². The maximum Gasteiger partial charge on any atom is 0.155 e. The standard InChI is InChI=1S/C17H17N5S2/c1-22-9-12-8-11(2-3-13(12)21-22)15-20-17-16(24-15)19-14(23-17)10-4-6-18-7-5-10/h2-3,8-10,18H,4-7H2,1H3. The highest BCUT2D eigenvalue weighted by Gasteiger charge is 2.21. The van der Waals surface area contributed by atoms with Gasteiger partial charge in [0.25, 0.3) is 0 Å². The van der Waals surface area contributed by atoms with Gasteiger partial charge in [0, 0.05) is 30.1 Å². The van der Waals surface area contributed by atoms with E-state index in [0.29, 0.717) is 5.92 Å². The van der Waals surface area contributed by atoms with Gasteiger partial charge in [-0.25, -0.2) is 9.97 Å². The molecule has 1 aliphatic heterocycles. The fourth-order valence-corrected chi connectivity index (χ4v) is 5.52. The van der Waals surface area contributed by atoms with Crippen molar-refractivity contribution in [3.8, 4) is 10.6 Å². The number of fused-ring (bicyclic) bond motifs is 2. The number of aryl methyl sites for hydroxylation is 1. The third-order valence-electron chi connectivity index (χ3n) is 4.55. The second kappa shape index (κ2) is 5.61. The molecule has 1 N–H and O–H groups in total. The predicted octanol–water partition coefficient (Wildman–Crippen LogP) is 3.77. The van der Waals surface area contributed by atoms with Gasteiger partial charge in [0.15, 0.2) is 9.66 Å². The van der Waals surface area contributed by atoms with Gasteiger partial charge in [-0.05, 0) is 44.1 Å². The quantitative estimate of drug-likeness (QED) is 0.595. The molecule has 122 valence electrons. The van der Waals surface area contributed by atoms with Crippen LogP contribution in [0.1, 0.15) is 23.8 Å². The summed E-state index contributed by atoms with van der Waals surface area (Å²) in [7, 11) is 1.95. The van der Waals surface area contributed by atoms with Crippen molar-refractivity contribution in [3.63, 3.8) is 0 Å². The van der Waals surface area contributed by atoms with Crippen LogP contribution in [-0.4, -0.2) is 32.8 Å². The van der Waals surface area contributed by atoms with Crippen molar-refractivity contribution < 1.29 is 0 Å². The fourth-order valence-electron chi connectivity index (χ4n) is 3.31. The van der Waals surface area contributed by atoms with E-state index < -0.39 is 0 Å². The highest BCUT2D eigenvalue weighted by atomic mass is 32.1. The zero-order valence-corrected chi connectivity index (χ0v) is 15.0. The Balaban J connectivity index is 1.51. The first-order chi connectivity index (χ1) is 11.8. The third kappa shape index (κ3) is 2.44. The molecule has 7 heteroatoms. The number of rotatable bonds is 2. The van der Waals surface area contributed by atoms with Gasteiger partial charge in [0.2, 0.25) is 0 Å². The zero-order chi connectivity index (χ0) is 16.1. The lowest BCUT2D eigenvalue weighted by molar-refractivity contribution is 0.459. The highest BCUT2D eigenvalue weighted by Crippen LogP contribution is 2.37. The molecule has 1 saturated heterocycles. The first-order valence-corrected chi connectivity index (χ1v) is 9.81. The molecule has 4 aromatic rings. The highest BCUT2D eigenvalue weighted by molar-refractivity contribution is 7.28. The topological polar surface area (TPSA) is 55.6 Å². The van der Waals surface area contributed by atoms with E-state index >= 15 is 0 Å². The van der Waals surface area contributed by atoms with Gasteiger partial charge < -0.3 is 5.32 Å². The second-order valence-corrected chi connectivity index (χ2v) is 8.27. The van der Waals surface area contributed by atoms with Crippen molar-refractivity contribution in [2.24, 2.45) is 7.05 Å². The molecule has 0 aliphatic carbocycles. The van der Waals surface area contributed by atoms with Crippen LogP contribution < -0.4 is 5.32 Å². The zero-order valence-electron chi connectivity index (χ0n) is 13.3. The molecule has 0 radical (unpaired) electrons. The van der Waals surface area contributed by atoms with Crippen LogP contribution in [-0.2, 0) is 7.05 Å². The van der Waals surface area contributed by atoms with Crippen molar-refractivity contribution in [3.05, 3.63) is 29.4 Å². The summed E-state index contributed by atoms with van der Waals surface area (Å²) in [5.74, 6) is 0.604. The fraction of sp³-hybridized carbons (Fsp3) is 0.353. The van der Waals surface area contributed by atoms with E-state index in [4.69, 9.17) is 9.97 Å². The minimum atomic E-state index is 0.604. The molecule has 4 heterocycles. The molecule has 0 saturated carbocycles. The largest absolute Gasteiger partial charge is 0.317 e. The summed E-state index contributed by atoms with van der Waals surface area (Å²) in [4.78, 5) is 11.9. The summed E-state index contributed by atoms with van der Waals surface area (Å²) in [5.41, 5.74) is 2.17. The number of nitrogens with one attached hydrogen (secondary N) is 1. The van der Waals surface area contributed by atoms with Crippen LogP contribution in [0.5, 0.6) is 0 Å². The lowest BCUT2D eigenvalue weighted by Gasteiger charge is -2.20. The van der Waals surface area contributed by atoms with Gasteiger partial charge in [-0.3, -0.25) is 4.68 Å². The molecule has 1 aliphatic rings. The lowest BCUT2D eigenvalue weighted by Crippen LogP contribution is -2.26. The normalized spacial score (nSPS) is 16.4. The van der Waals surface area contributed by atoms with Gasteiger partial charge in [-0.2, -0.15) is 5.10 Å². The predicted molar refractivity (Wildman–Crippen MR) is 99.8 cm³/mol. The molecular formula is C17H17N5S2. The van der Waals surface area contributed by atoms with E-state index in [1.165, 1.54) is 17.8 Å². The van der Waals surface area contributed by atoms with Crippen LogP contribution in [0.25, 0.3) is 31.1 Å². The van der Waals surface area contributed by atoms with E-state index in [0.717, 1.165) is 44.2 Å². The van der Waals surface area contributed by atoms with E-state index in [9.17, 15) is 0 Å². The number of nitrogens with zero attached hydrogens (tertiary/aromatic N) is 4. The number of hydrogen-bond donors (Lipinski definition) is 1. The number of thiazole rings is 2. The first-order valence-electron chi connectivity index (χ1n) is 8.18. The maximum atomic E-state index is 4.88. The Kier molecular flexibility index (Phi) is 3.39. The van der Waals surface area contributed by atoms with Gasteiger partial charge in [0.1, 0.15) is 5.01 Å². The van der Waals surface area contributed by atoms with E-state index in [1.54, 1.807) is 22.7 Å². The van der Waals surface area contributed by atoms with Gasteiger partial charge in [0.05, 0.1) is 10.5 Å². The molecule has 0 bridgehead atoms. The summed E-state index contributed by atoms with van der Waals surface area (Å²) >= 11 is 3.47. The molecule has 0 amide bonds. The summed E-state index contributed by atoms with van der Waals surface area (Å²) in [6.07, 6.45) is 4.42. The summed E-state index contributed by atoms with van der Waals surface area (Å²) in [6.45, 7) is 2.20. The van der Waals surface area contributed by atoms with Crippen molar-refractivity contribution in [1.29, 1.82) is 0 Å². The monoisotopic (exact) mass is 355 g/mol. The summed E-state index contributed by atoms with van der Waals surface area (Å²) < 4.78 is 1.85. The van der Waals surface area contributed by atoms with Crippen LogP contribution in [0.2, 0.25) is 0 Å². The Bertz CT molecular complexity index is 991. The molecule has 0 spiro atoms. The minimum Gasteiger partial charge on any atom is -0.317 e. The molecule has 1 aromatic carbocycles. The van der Waals surface area contributed by atoms with E-state index in [2.05, 4.69) is 28.6 Å². The van der Waals surface area contributed by atoms with E-state index in [-0.39, 0.29) is 0 Å². The van der Waals surface area contributed by atoms with Crippen molar-refractivity contribution in [2.45, 2.75) is 18.8 Å². The second-order valence-electron chi connectivity index (χ2n) is 6.28. The Hall–Kier alpha value is -1.83. The average molecular weight is 355 g/mol. The van der Waals surface area contributed by atoms with Crippen molar-refractivity contribution in [1.82, 2.24) is 25.1 Å². The van der Waals surface area contributed by atoms with Gasteiger partial charge >= 0.3 is 0 Å². The molecular weight excluding hydrogens is 338 g/mol. The van der Waals surface area contributed by atoms with Crippen molar-refractivity contribution >= 4 is 43.2 Å². The number of aromatic nitrogens is 4. The molecule has 0 atom stereocenters. The molecule has 1 fully saturated rings.